The Bertz CT molecular complexity index is 1040. The topological polar surface area (TPSA) is 113 Å². The van der Waals surface area contributed by atoms with Gasteiger partial charge in [0.2, 0.25) is 0 Å². The number of pyridine rings is 1. The van der Waals surface area contributed by atoms with Gasteiger partial charge < -0.3 is 24.8 Å². The number of aliphatic hydroxyl groups excluding tert-OH is 1. The van der Waals surface area contributed by atoms with Gasteiger partial charge in [0.15, 0.2) is 0 Å². The first-order valence-electron chi connectivity index (χ1n) is 10.4. The van der Waals surface area contributed by atoms with Crippen molar-refractivity contribution in [2.24, 2.45) is 7.05 Å². The number of nitrogens with zero attached hydrogens (tertiary/aromatic N) is 4. The van der Waals surface area contributed by atoms with Gasteiger partial charge in [0.05, 0.1) is 12.6 Å². The van der Waals surface area contributed by atoms with Gasteiger partial charge >= 0.3 is 0 Å². The van der Waals surface area contributed by atoms with Gasteiger partial charge in [-0.2, -0.15) is 0 Å². The second kappa shape index (κ2) is 9.47. The number of amides is 1. The molecular formula is C23H27N5O4. The molecule has 0 radical (unpaired) electrons. The van der Waals surface area contributed by atoms with E-state index in [1.165, 1.54) is 6.20 Å². The number of rotatable bonds is 8. The lowest BCUT2D eigenvalue weighted by molar-refractivity contribution is -0.0377. The van der Waals surface area contributed by atoms with Crippen LogP contribution in [0.2, 0.25) is 0 Å². The fourth-order valence-electron chi connectivity index (χ4n) is 3.72. The molecule has 1 aliphatic heterocycles. The predicted molar refractivity (Wildman–Crippen MR) is 117 cm³/mol. The molecule has 9 heteroatoms. The lowest BCUT2D eigenvalue weighted by Gasteiger charge is -2.26. The third-order valence-corrected chi connectivity index (χ3v) is 5.62. The lowest BCUT2D eigenvalue weighted by Crippen LogP contribution is -2.51. The van der Waals surface area contributed by atoms with Crippen molar-refractivity contribution < 1.29 is 19.7 Å². The highest BCUT2D eigenvalue weighted by Crippen LogP contribution is 2.24. The Balaban J connectivity index is 1.28. The number of carbonyl (C=O) groups excluding carboxylic acids is 1. The van der Waals surface area contributed by atoms with E-state index in [0.717, 1.165) is 17.1 Å². The normalized spacial score (nSPS) is 20.9. The number of likely N-dealkylation sites (tertiary alicyclic amines) is 1. The molecule has 1 fully saturated rings. The van der Waals surface area contributed by atoms with Crippen molar-refractivity contribution in [3.8, 4) is 5.75 Å². The number of aryl methyl sites for hydroxylation is 1. The van der Waals surface area contributed by atoms with Crippen LogP contribution in [-0.4, -0.2) is 66.9 Å². The average Bonchev–Trinajstić information content (AvgIpc) is 3.34. The van der Waals surface area contributed by atoms with Crippen LogP contribution >= 0.6 is 0 Å². The van der Waals surface area contributed by atoms with Gasteiger partial charge in [-0.3, -0.25) is 14.7 Å². The van der Waals surface area contributed by atoms with E-state index < -0.39 is 11.7 Å². The van der Waals surface area contributed by atoms with Crippen molar-refractivity contribution in [3.05, 3.63) is 78.1 Å². The summed E-state index contributed by atoms with van der Waals surface area (Å²) >= 11 is 0. The van der Waals surface area contributed by atoms with Crippen LogP contribution in [0.15, 0.2) is 61.1 Å². The van der Waals surface area contributed by atoms with E-state index in [1.54, 1.807) is 24.4 Å². The molecule has 1 aliphatic rings. The van der Waals surface area contributed by atoms with Crippen LogP contribution in [0.5, 0.6) is 5.75 Å². The van der Waals surface area contributed by atoms with Gasteiger partial charge in [0.25, 0.3) is 5.91 Å². The van der Waals surface area contributed by atoms with Gasteiger partial charge in [-0.05, 0) is 29.8 Å². The van der Waals surface area contributed by atoms with Crippen LogP contribution < -0.4 is 10.1 Å². The molecule has 1 saturated heterocycles. The number of imidazole rings is 1. The molecular weight excluding hydrogens is 410 g/mol. The maximum absolute atomic E-state index is 12.2. The monoisotopic (exact) mass is 437 g/mol. The summed E-state index contributed by atoms with van der Waals surface area (Å²) in [6.45, 7) is 1.45. The predicted octanol–water partition coefficient (Wildman–Crippen LogP) is 0.732. The lowest BCUT2D eigenvalue weighted by atomic mass is 10.0. The van der Waals surface area contributed by atoms with Crippen LogP contribution in [0.4, 0.5) is 0 Å². The molecule has 0 saturated carbocycles. The number of β-amino-alcohol motifs (C(OH)–C–C–N with tert-alkyl or cyclic N) is 2. The van der Waals surface area contributed by atoms with E-state index in [1.807, 2.05) is 47.0 Å². The Hall–Kier alpha value is -3.27. The number of ether oxygens (including phenoxy) is 1. The zero-order chi connectivity index (χ0) is 22.6. The molecule has 168 valence electrons. The Kier molecular flexibility index (Phi) is 6.50. The SMILES string of the molecule is Cn1ccnc1COc1ccc(CN2C[C@@H](O)[C@](O)(CNC(=O)c3ccccn3)C2)cc1. The Morgan fingerprint density at radius 1 is 1.22 bits per heavy atom. The van der Waals surface area contributed by atoms with Gasteiger partial charge in [0, 0.05) is 45.3 Å². The highest BCUT2D eigenvalue weighted by molar-refractivity contribution is 5.92. The summed E-state index contributed by atoms with van der Waals surface area (Å²) in [5.41, 5.74) is -0.121. The quantitative estimate of drug-likeness (QED) is 0.476. The van der Waals surface area contributed by atoms with E-state index in [-0.39, 0.29) is 24.7 Å². The van der Waals surface area contributed by atoms with E-state index in [0.29, 0.717) is 19.7 Å². The van der Waals surface area contributed by atoms with Crippen LogP contribution in [0.3, 0.4) is 0 Å². The second-order valence-corrected chi connectivity index (χ2v) is 8.07. The molecule has 32 heavy (non-hydrogen) atoms. The molecule has 2 aromatic heterocycles. The first kappa shape index (κ1) is 21.9. The fourth-order valence-corrected chi connectivity index (χ4v) is 3.72. The Morgan fingerprint density at radius 3 is 2.72 bits per heavy atom. The van der Waals surface area contributed by atoms with E-state index in [2.05, 4.69) is 15.3 Å². The third kappa shape index (κ3) is 5.13. The summed E-state index contributed by atoms with van der Waals surface area (Å²) in [7, 11) is 1.92. The first-order valence-corrected chi connectivity index (χ1v) is 10.4. The number of hydrogen-bond donors (Lipinski definition) is 3. The molecule has 3 aromatic rings. The number of carbonyl (C=O) groups is 1. The number of aromatic nitrogens is 3. The average molecular weight is 438 g/mol. The number of benzene rings is 1. The summed E-state index contributed by atoms with van der Waals surface area (Å²) in [5.74, 6) is 1.20. The Morgan fingerprint density at radius 2 is 2.03 bits per heavy atom. The van der Waals surface area contributed by atoms with E-state index in [9.17, 15) is 15.0 Å². The van der Waals surface area contributed by atoms with Crippen LogP contribution in [0.1, 0.15) is 21.9 Å². The van der Waals surface area contributed by atoms with Crippen molar-refractivity contribution in [3.63, 3.8) is 0 Å². The molecule has 2 atom stereocenters. The number of hydrogen-bond acceptors (Lipinski definition) is 7. The fraction of sp³-hybridized carbons (Fsp3) is 0.348. The molecule has 4 rings (SSSR count). The smallest absolute Gasteiger partial charge is 0.269 e. The zero-order valence-electron chi connectivity index (χ0n) is 17.9. The van der Waals surface area contributed by atoms with Gasteiger partial charge in [-0.25, -0.2) is 4.98 Å². The highest BCUT2D eigenvalue weighted by atomic mass is 16.5. The minimum absolute atomic E-state index is 0.0555. The van der Waals surface area contributed by atoms with Gasteiger partial charge in [0.1, 0.15) is 29.5 Å². The highest BCUT2D eigenvalue weighted by Gasteiger charge is 2.44. The first-order chi connectivity index (χ1) is 15.4. The molecule has 0 bridgehead atoms. The summed E-state index contributed by atoms with van der Waals surface area (Å²) in [6, 6.07) is 12.7. The molecule has 1 amide bonds. The molecule has 0 aliphatic carbocycles. The largest absolute Gasteiger partial charge is 0.486 e. The standard InChI is InChI=1S/C23H27N5O4/c1-27-11-10-25-21(27)14-32-18-7-5-17(6-8-18)12-28-13-20(29)23(31,16-28)15-26-22(30)19-4-2-3-9-24-19/h2-11,20,29,31H,12-16H2,1H3,(H,26,30)/t20-,23+/m1/s1. The molecule has 0 unspecified atom stereocenters. The minimum Gasteiger partial charge on any atom is -0.486 e. The number of nitrogens with one attached hydrogen (secondary N) is 1. The van der Waals surface area contributed by atoms with E-state index in [4.69, 9.17) is 4.74 Å². The van der Waals surface area contributed by atoms with Crippen molar-refractivity contribution in [2.75, 3.05) is 19.6 Å². The summed E-state index contributed by atoms with van der Waals surface area (Å²) in [4.78, 5) is 22.4. The summed E-state index contributed by atoms with van der Waals surface area (Å²) < 4.78 is 7.68. The van der Waals surface area contributed by atoms with Crippen molar-refractivity contribution in [1.29, 1.82) is 0 Å². The maximum atomic E-state index is 12.2. The van der Waals surface area contributed by atoms with Crippen molar-refractivity contribution >= 4 is 5.91 Å². The molecule has 3 N–H and O–H groups in total. The second-order valence-electron chi connectivity index (χ2n) is 8.07. The Labute approximate surface area is 186 Å². The van der Waals surface area contributed by atoms with Crippen molar-refractivity contribution in [1.82, 2.24) is 24.8 Å². The van der Waals surface area contributed by atoms with Crippen LogP contribution in [-0.2, 0) is 20.2 Å². The van der Waals surface area contributed by atoms with E-state index >= 15 is 0 Å². The summed E-state index contributed by atoms with van der Waals surface area (Å²) in [6.07, 6.45) is 4.17. The zero-order valence-corrected chi connectivity index (χ0v) is 17.9. The molecule has 9 nitrogen and oxygen atoms in total. The van der Waals surface area contributed by atoms with Crippen LogP contribution in [0, 0.1) is 0 Å². The van der Waals surface area contributed by atoms with Gasteiger partial charge in [-0.1, -0.05) is 18.2 Å². The van der Waals surface area contributed by atoms with Gasteiger partial charge in [-0.15, -0.1) is 0 Å². The van der Waals surface area contributed by atoms with Crippen LogP contribution in [0.25, 0.3) is 0 Å². The summed E-state index contributed by atoms with van der Waals surface area (Å²) in [5, 5.41) is 24.0. The molecule has 0 spiro atoms. The maximum Gasteiger partial charge on any atom is 0.269 e. The molecule has 3 heterocycles. The number of aliphatic hydroxyl groups is 2. The van der Waals surface area contributed by atoms with Crippen molar-refractivity contribution in [2.45, 2.75) is 24.9 Å². The molecule has 1 aromatic carbocycles. The third-order valence-electron chi connectivity index (χ3n) is 5.62. The minimum atomic E-state index is -1.42.